The third kappa shape index (κ3) is 2.54. The summed E-state index contributed by atoms with van der Waals surface area (Å²) in [6.45, 7) is 0.964. The van der Waals surface area contributed by atoms with Crippen LogP contribution in [0.25, 0.3) is 11.0 Å². The van der Waals surface area contributed by atoms with Crippen LogP contribution in [0.15, 0.2) is 18.2 Å². The van der Waals surface area contributed by atoms with Gasteiger partial charge in [0.1, 0.15) is 17.4 Å². The lowest BCUT2D eigenvalue weighted by atomic mass is 9.84. The zero-order valence-electron chi connectivity index (χ0n) is 12.1. The molecular weight excluding hydrogens is 302 g/mol. The highest BCUT2D eigenvalue weighted by Crippen LogP contribution is 2.44. The Labute approximate surface area is 134 Å². The van der Waals surface area contributed by atoms with Gasteiger partial charge in [0.15, 0.2) is 0 Å². The highest BCUT2D eigenvalue weighted by Gasteiger charge is 2.37. The molecule has 1 aromatic heterocycles. The fraction of sp³-hybridized carbons (Fsp3) is 0.500. The van der Waals surface area contributed by atoms with Crippen molar-refractivity contribution in [3.8, 4) is 6.07 Å². The lowest BCUT2D eigenvalue weighted by Gasteiger charge is -2.41. The molecule has 0 bridgehead atoms. The van der Waals surface area contributed by atoms with E-state index in [0.717, 1.165) is 29.8 Å². The number of hydrogen-bond acceptors (Lipinski definition) is 3. The quantitative estimate of drug-likeness (QED) is 0.783. The summed E-state index contributed by atoms with van der Waals surface area (Å²) in [5.41, 5.74) is 2.53. The molecule has 0 saturated heterocycles. The highest BCUT2D eigenvalue weighted by molar-refractivity contribution is 8.00. The van der Waals surface area contributed by atoms with Crippen LogP contribution in [0.3, 0.4) is 0 Å². The first-order chi connectivity index (χ1) is 10.2. The highest BCUT2D eigenvalue weighted by atomic mass is 35.5. The Hall–Kier alpha value is -1.18. The van der Waals surface area contributed by atoms with E-state index in [1.54, 1.807) is 0 Å². The van der Waals surface area contributed by atoms with Crippen molar-refractivity contribution in [2.45, 2.75) is 37.0 Å². The van der Waals surface area contributed by atoms with Crippen LogP contribution in [-0.2, 0) is 13.0 Å². The largest absolute Gasteiger partial charge is 0.327 e. The van der Waals surface area contributed by atoms with Crippen LogP contribution in [-0.4, -0.2) is 26.4 Å². The first-order valence-electron chi connectivity index (χ1n) is 7.22. The van der Waals surface area contributed by atoms with E-state index in [0.29, 0.717) is 16.2 Å². The molecule has 2 aromatic rings. The van der Waals surface area contributed by atoms with Gasteiger partial charge in [-0.25, -0.2) is 4.98 Å². The Bertz CT molecular complexity index is 692. The molecule has 3 nitrogen and oxygen atoms in total. The minimum Gasteiger partial charge on any atom is -0.327 e. The maximum absolute atomic E-state index is 9.27. The van der Waals surface area contributed by atoms with Crippen LogP contribution in [0.2, 0.25) is 0 Å². The van der Waals surface area contributed by atoms with Crippen LogP contribution >= 0.6 is 23.4 Å². The Morgan fingerprint density at radius 2 is 2.29 bits per heavy atom. The van der Waals surface area contributed by atoms with Crippen LogP contribution < -0.4 is 0 Å². The van der Waals surface area contributed by atoms with Gasteiger partial charge in [0.2, 0.25) is 0 Å². The fourth-order valence-electron chi connectivity index (χ4n) is 3.02. The van der Waals surface area contributed by atoms with Crippen molar-refractivity contribution in [3.63, 3.8) is 0 Å². The maximum Gasteiger partial charge on any atom is 0.111 e. The van der Waals surface area contributed by atoms with Gasteiger partial charge in [0.25, 0.3) is 0 Å². The Morgan fingerprint density at radius 3 is 2.86 bits per heavy atom. The fourth-order valence-corrected chi connectivity index (χ4v) is 4.15. The molecule has 0 aliphatic heterocycles. The zero-order valence-corrected chi connectivity index (χ0v) is 13.7. The molecule has 0 radical (unpaired) electrons. The Kier molecular flexibility index (Phi) is 4.14. The number of nitrogens with zero attached hydrogens (tertiary/aromatic N) is 3. The van der Waals surface area contributed by atoms with Gasteiger partial charge in [0.05, 0.1) is 11.1 Å². The molecule has 110 valence electrons. The van der Waals surface area contributed by atoms with E-state index in [9.17, 15) is 5.26 Å². The molecule has 0 amide bonds. The van der Waals surface area contributed by atoms with Gasteiger partial charge < -0.3 is 4.57 Å². The first kappa shape index (κ1) is 14.7. The predicted octanol–water partition coefficient (Wildman–Crippen LogP) is 3.97. The number of nitriles is 1. The van der Waals surface area contributed by atoms with E-state index in [1.807, 2.05) is 23.9 Å². The summed E-state index contributed by atoms with van der Waals surface area (Å²) < 4.78 is 2.62. The van der Waals surface area contributed by atoms with Gasteiger partial charge in [-0.2, -0.15) is 17.0 Å². The van der Waals surface area contributed by atoms with Crippen molar-refractivity contribution < 1.29 is 0 Å². The van der Waals surface area contributed by atoms with Crippen molar-refractivity contribution in [2.24, 2.45) is 0 Å². The zero-order chi connectivity index (χ0) is 14.9. The molecular formula is C16H18ClN3S. The van der Waals surface area contributed by atoms with E-state index in [2.05, 4.69) is 23.0 Å². The SMILES string of the molecule is CSC1(Cn2c(CCCl)nc3c(C#N)cccc32)CCC1. The standard InChI is InChI=1S/C16H18ClN3S/c1-21-16(7-3-8-16)11-20-13-5-2-4-12(10-18)15(13)19-14(20)6-9-17/h2,4-5H,3,6-9,11H2,1H3. The molecule has 1 fully saturated rings. The molecule has 1 heterocycles. The normalized spacial score (nSPS) is 16.6. The van der Waals surface area contributed by atoms with Gasteiger partial charge in [0, 0.05) is 23.6 Å². The van der Waals surface area contributed by atoms with Crippen molar-refractivity contribution in [1.29, 1.82) is 5.26 Å². The number of rotatable bonds is 5. The number of imidazole rings is 1. The molecule has 5 heteroatoms. The van der Waals surface area contributed by atoms with Gasteiger partial charge in [-0.05, 0) is 31.2 Å². The number of alkyl halides is 1. The summed E-state index contributed by atoms with van der Waals surface area (Å²) in [7, 11) is 0. The van der Waals surface area contributed by atoms with E-state index in [1.165, 1.54) is 19.3 Å². The van der Waals surface area contributed by atoms with Crippen molar-refractivity contribution >= 4 is 34.4 Å². The van der Waals surface area contributed by atoms with E-state index in [4.69, 9.17) is 16.6 Å². The summed E-state index contributed by atoms with van der Waals surface area (Å²) in [6.07, 6.45) is 6.76. The average molecular weight is 320 g/mol. The van der Waals surface area contributed by atoms with Gasteiger partial charge in [-0.1, -0.05) is 12.5 Å². The Balaban J connectivity index is 2.10. The summed E-state index contributed by atoms with van der Waals surface area (Å²) >= 11 is 7.89. The maximum atomic E-state index is 9.27. The summed E-state index contributed by atoms with van der Waals surface area (Å²) in [5.74, 6) is 1.56. The third-order valence-electron chi connectivity index (χ3n) is 4.44. The van der Waals surface area contributed by atoms with Crippen LogP contribution in [0, 0.1) is 11.3 Å². The number of thioether (sulfide) groups is 1. The van der Waals surface area contributed by atoms with Gasteiger partial charge in [-0.15, -0.1) is 11.6 Å². The molecule has 0 unspecified atom stereocenters. The summed E-state index contributed by atoms with van der Waals surface area (Å²) in [6, 6.07) is 8.08. The lowest BCUT2D eigenvalue weighted by Crippen LogP contribution is -2.38. The minimum absolute atomic E-state index is 0.331. The van der Waals surface area contributed by atoms with Crippen molar-refractivity contribution in [3.05, 3.63) is 29.6 Å². The molecule has 1 aliphatic carbocycles. The molecule has 21 heavy (non-hydrogen) atoms. The van der Waals surface area contributed by atoms with Crippen LogP contribution in [0.4, 0.5) is 0 Å². The predicted molar refractivity (Wildman–Crippen MR) is 89.0 cm³/mol. The monoisotopic (exact) mass is 319 g/mol. The van der Waals surface area contributed by atoms with E-state index in [-0.39, 0.29) is 0 Å². The molecule has 1 aliphatic rings. The van der Waals surface area contributed by atoms with Gasteiger partial charge in [-0.3, -0.25) is 0 Å². The smallest absolute Gasteiger partial charge is 0.111 e. The number of aromatic nitrogens is 2. The summed E-state index contributed by atoms with van der Waals surface area (Å²) in [4.78, 5) is 4.70. The van der Waals surface area contributed by atoms with Crippen LogP contribution in [0.1, 0.15) is 30.7 Å². The van der Waals surface area contributed by atoms with Crippen molar-refractivity contribution in [1.82, 2.24) is 9.55 Å². The van der Waals surface area contributed by atoms with E-state index < -0.39 is 0 Å². The van der Waals surface area contributed by atoms with Crippen molar-refractivity contribution in [2.75, 3.05) is 12.1 Å². The average Bonchev–Trinajstić information content (AvgIpc) is 2.80. The molecule has 1 saturated carbocycles. The molecule has 0 spiro atoms. The molecule has 0 atom stereocenters. The number of para-hydroxylation sites is 1. The molecule has 3 rings (SSSR count). The summed E-state index contributed by atoms with van der Waals surface area (Å²) in [5, 5.41) is 9.27. The minimum atomic E-state index is 0.331. The second kappa shape index (κ2) is 5.90. The number of fused-ring (bicyclic) bond motifs is 1. The Morgan fingerprint density at radius 1 is 1.48 bits per heavy atom. The molecule has 0 N–H and O–H groups in total. The van der Waals surface area contributed by atoms with E-state index >= 15 is 0 Å². The second-order valence-corrected chi connectivity index (χ2v) is 7.23. The lowest BCUT2D eigenvalue weighted by molar-refractivity contribution is 0.322. The first-order valence-corrected chi connectivity index (χ1v) is 8.98. The van der Waals surface area contributed by atoms with Crippen LogP contribution in [0.5, 0.6) is 0 Å². The number of hydrogen-bond donors (Lipinski definition) is 0. The van der Waals surface area contributed by atoms with Gasteiger partial charge >= 0.3 is 0 Å². The number of benzene rings is 1. The molecule has 1 aromatic carbocycles. The third-order valence-corrected chi connectivity index (χ3v) is 6.03. The second-order valence-electron chi connectivity index (χ2n) is 5.58. The number of halogens is 1. The topological polar surface area (TPSA) is 41.6 Å². The number of aryl methyl sites for hydroxylation is 1.